The summed E-state index contributed by atoms with van der Waals surface area (Å²) in [6.07, 6.45) is 2.27. The molecule has 2 heteroatoms. The van der Waals surface area contributed by atoms with Crippen LogP contribution in [0.5, 0.6) is 0 Å². The van der Waals surface area contributed by atoms with E-state index in [1.54, 1.807) is 0 Å². The van der Waals surface area contributed by atoms with Gasteiger partial charge in [-0.05, 0) is 51.9 Å². The van der Waals surface area contributed by atoms with Gasteiger partial charge in [0.15, 0.2) is 0 Å². The molecule has 0 aliphatic rings. The summed E-state index contributed by atoms with van der Waals surface area (Å²) in [5, 5.41) is 4.74. The molecule has 2 aromatic rings. The lowest BCUT2D eigenvalue weighted by atomic mass is 10.0. The molecule has 92 valence electrons. The molecule has 17 heavy (non-hydrogen) atoms. The van der Waals surface area contributed by atoms with Gasteiger partial charge < -0.3 is 9.88 Å². The fourth-order valence-corrected chi connectivity index (χ4v) is 2.49. The van der Waals surface area contributed by atoms with Crippen LogP contribution in [0.25, 0.3) is 10.9 Å². The Kier molecular flexibility index (Phi) is 3.25. The van der Waals surface area contributed by atoms with Crippen LogP contribution in [0, 0.1) is 6.92 Å². The number of aryl methyl sites for hydroxylation is 1. The van der Waals surface area contributed by atoms with Gasteiger partial charge in [-0.25, -0.2) is 0 Å². The van der Waals surface area contributed by atoms with Crippen LogP contribution in [0.4, 0.5) is 0 Å². The van der Waals surface area contributed by atoms with Crippen molar-refractivity contribution in [3.05, 3.63) is 35.5 Å². The summed E-state index contributed by atoms with van der Waals surface area (Å²) >= 11 is 0. The summed E-state index contributed by atoms with van der Waals surface area (Å²) in [6, 6.07) is 7.49. The largest absolute Gasteiger partial charge is 0.345 e. The van der Waals surface area contributed by atoms with Crippen molar-refractivity contribution < 1.29 is 0 Å². The zero-order valence-electron chi connectivity index (χ0n) is 11.4. The van der Waals surface area contributed by atoms with E-state index in [0.29, 0.717) is 12.1 Å². The first kappa shape index (κ1) is 12.2. The quantitative estimate of drug-likeness (QED) is 0.848. The molecule has 0 spiro atoms. The molecule has 1 unspecified atom stereocenters. The highest BCUT2D eigenvalue weighted by Gasteiger charge is 2.13. The Morgan fingerprint density at radius 2 is 1.88 bits per heavy atom. The predicted octanol–water partition coefficient (Wildman–Crippen LogP) is 3.81. The molecule has 1 atom stereocenters. The molecule has 0 radical (unpaired) electrons. The van der Waals surface area contributed by atoms with E-state index in [0.717, 1.165) is 0 Å². The first-order valence-electron chi connectivity index (χ1n) is 6.33. The number of hydrogen-bond acceptors (Lipinski definition) is 1. The Bertz CT molecular complexity index is 523. The van der Waals surface area contributed by atoms with Gasteiger partial charge in [0.25, 0.3) is 0 Å². The van der Waals surface area contributed by atoms with Gasteiger partial charge in [-0.15, -0.1) is 0 Å². The summed E-state index contributed by atoms with van der Waals surface area (Å²) in [4.78, 5) is 0. The van der Waals surface area contributed by atoms with Gasteiger partial charge in [-0.1, -0.05) is 12.1 Å². The molecule has 1 N–H and O–H groups in total. The minimum absolute atomic E-state index is 0.389. The van der Waals surface area contributed by atoms with Crippen LogP contribution < -0.4 is 5.32 Å². The predicted molar refractivity (Wildman–Crippen MR) is 74.5 cm³/mol. The fourth-order valence-electron chi connectivity index (χ4n) is 2.49. The summed E-state index contributed by atoms with van der Waals surface area (Å²) in [5.41, 5.74) is 4.10. The molecular formula is C15H22N2. The summed E-state index contributed by atoms with van der Waals surface area (Å²) < 4.78 is 2.36. The smallest absolute Gasteiger partial charge is 0.0488 e. The highest BCUT2D eigenvalue weighted by molar-refractivity contribution is 5.87. The number of hydrogen-bond donors (Lipinski definition) is 1. The highest BCUT2D eigenvalue weighted by atomic mass is 15.0. The third kappa shape index (κ3) is 1.98. The molecule has 0 saturated carbocycles. The lowest BCUT2D eigenvalue weighted by Crippen LogP contribution is -2.12. The normalized spacial score (nSPS) is 13.5. The summed E-state index contributed by atoms with van der Waals surface area (Å²) in [7, 11) is 2.01. The zero-order valence-corrected chi connectivity index (χ0v) is 11.4. The van der Waals surface area contributed by atoms with Gasteiger partial charge in [0, 0.05) is 29.2 Å². The number of benzene rings is 1. The maximum Gasteiger partial charge on any atom is 0.0488 e. The van der Waals surface area contributed by atoms with Crippen LogP contribution in [-0.4, -0.2) is 11.6 Å². The van der Waals surface area contributed by atoms with Gasteiger partial charge in [-0.2, -0.15) is 0 Å². The standard InChI is InChI=1S/C15H22N2/c1-10(2)17-9-11(3)15-13(12(4)16-5)7-6-8-14(15)17/h6-10,12,16H,1-5H3. The maximum absolute atomic E-state index is 3.33. The van der Waals surface area contributed by atoms with Crippen LogP contribution in [0.15, 0.2) is 24.4 Å². The molecule has 0 amide bonds. The van der Waals surface area contributed by atoms with Gasteiger partial charge in [-0.3, -0.25) is 0 Å². The van der Waals surface area contributed by atoms with Gasteiger partial charge in [0.2, 0.25) is 0 Å². The maximum atomic E-state index is 3.33. The Morgan fingerprint density at radius 3 is 2.47 bits per heavy atom. The Balaban J connectivity index is 2.73. The molecule has 1 aromatic carbocycles. The second-order valence-electron chi connectivity index (χ2n) is 5.06. The number of fused-ring (bicyclic) bond motifs is 1. The molecular weight excluding hydrogens is 208 g/mol. The fraction of sp³-hybridized carbons (Fsp3) is 0.467. The zero-order chi connectivity index (χ0) is 12.6. The van der Waals surface area contributed by atoms with Crippen molar-refractivity contribution in [2.75, 3.05) is 7.05 Å². The molecule has 0 aliphatic heterocycles. The van der Waals surface area contributed by atoms with Crippen LogP contribution in [0.1, 0.15) is 44.0 Å². The molecule has 0 fully saturated rings. The summed E-state index contributed by atoms with van der Waals surface area (Å²) in [6.45, 7) is 8.87. The van der Waals surface area contributed by atoms with Crippen LogP contribution in [-0.2, 0) is 0 Å². The van der Waals surface area contributed by atoms with Crippen molar-refractivity contribution >= 4 is 10.9 Å². The van der Waals surface area contributed by atoms with E-state index in [2.05, 4.69) is 62.0 Å². The van der Waals surface area contributed by atoms with E-state index in [1.807, 2.05) is 7.05 Å². The number of nitrogens with one attached hydrogen (secondary N) is 1. The Hall–Kier alpha value is -1.28. The lowest BCUT2D eigenvalue weighted by Gasteiger charge is -2.14. The second-order valence-corrected chi connectivity index (χ2v) is 5.06. The molecule has 0 aliphatic carbocycles. The molecule has 1 heterocycles. The Labute approximate surface area is 104 Å². The van der Waals surface area contributed by atoms with Crippen molar-refractivity contribution in [1.82, 2.24) is 9.88 Å². The van der Waals surface area contributed by atoms with Crippen LogP contribution in [0.3, 0.4) is 0 Å². The van der Waals surface area contributed by atoms with Crippen molar-refractivity contribution in [1.29, 1.82) is 0 Å². The lowest BCUT2D eigenvalue weighted by molar-refractivity contribution is 0.621. The van der Waals surface area contributed by atoms with E-state index in [1.165, 1.54) is 22.0 Å². The monoisotopic (exact) mass is 230 g/mol. The van der Waals surface area contributed by atoms with Gasteiger partial charge in [0.05, 0.1) is 0 Å². The van der Waals surface area contributed by atoms with E-state index in [-0.39, 0.29) is 0 Å². The van der Waals surface area contributed by atoms with Crippen molar-refractivity contribution in [3.8, 4) is 0 Å². The SMILES string of the molecule is CNC(C)c1cccc2c1c(C)cn2C(C)C. The van der Waals surface area contributed by atoms with Crippen molar-refractivity contribution in [2.45, 2.75) is 39.8 Å². The van der Waals surface area contributed by atoms with E-state index in [9.17, 15) is 0 Å². The van der Waals surface area contributed by atoms with Crippen molar-refractivity contribution in [3.63, 3.8) is 0 Å². The van der Waals surface area contributed by atoms with E-state index in [4.69, 9.17) is 0 Å². The Morgan fingerprint density at radius 1 is 1.18 bits per heavy atom. The minimum Gasteiger partial charge on any atom is -0.345 e. The number of rotatable bonds is 3. The van der Waals surface area contributed by atoms with Gasteiger partial charge in [0.1, 0.15) is 0 Å². The minimum atomic E-state index is 0.389. The van der Waals surface area contributed by atoms with E-state index < -0.39 is 0 Å². The third-order valence-corrected chi connectivity index (χ3v) is 3.54. The first-order chi connectivity index (χ1) is 8.06. The van der Waals surface area contributed by atoms with Crippen LogP contribution in [0.2, 0.25) is 0 Å². The molecule has 0 saturated heterocycles. The number of nitrogens with zero attached hydrogens (tertiary/aromatic N) is 1. The molecule has 2 rings (SSSR count). The average Bonchev–Trinajstić information content (AvgIpc) is 2.66. The van der Waals surface area contributed by atoms with Crippen molar-refractivity contribution in [2.24, 2.45) is 0 Å². The second kappa shape index (κ2) is 4.53. The van der Waals surface area contributed by atoms with Gasteiger partial charge >= 0.3 is 0 Å². The third-order valence-electron chi connectivity index (χ3n) is 3.54. The van der Waals surface area contributed by atoms with E-state index >= 15 is 0 Å². The molecule has 0 bridgehead atoms. The summed E-state index contributed by atoms with van der Waals surface area (Å²) in [5.74, 6) is 0. The molecule has 2 nitrogen and oxygen atoms in total. The average molecular weight is 230 g/mol. The highest BCUT2D eigenvalue weighted by Crippen LogP contribution is 2.30. The first-order valence-corrected chi connectivity index (χ1v) is 6.33. The topological polar surface area (TPSA) is 17.0 Å². The van der Waals surface area contributed by atoms with Crippen LogP contribution >= 0.6 is 0 Å². The molecule has 1 aromatic heterocycles. The number of aromatic nitrogens is 1.